The lowest BCUT2D eigenvalue weighted by Crippen LogP contribution is -2.31. The van der Waals surface area contributed by atoms with Crippen molar-refractivity contribution in [1.29, 1.82) is 0 Å². The average Bonchev–Trinajstić information content (AvgIpc) is 2.38. The number of rotatable bonds is 9. The highest BCUT2D eigenvalue weighted by molar-refractivity contribution is 9.10. The number of hydrogen-bond acceptors (Lipinski definition) is 2. The lowest BCUT2D eigenvalue weighted by molar-refractivity contribution is 0.141. The van der Waals surface area contributed by atoms with Crippen LogP contribution in [0.25, 0.3) is 0 Å². The van der Waals surface area contributed by atoms with Gasteiger partial charge in [0.05, 0.1) is 0 Å². The second kappa shape index (κ2) is 9.76. The number of hydrogen-bond donors (Lipinski definition) is 1. The van der Waals surface area contributed by atoms with Crippen LogP contribution in [0.5, 0.6) is 0 Å². The van der Waals surface area contributed by atoms with Crippen molar-refractivity contribution in [3.8, 4) is 0 Å². The van der Waals surface area contributed by atoms with E-state index in [0.29, 0.717) is 6.04 Å². The highest BCUT2D eigenvalue weighted by atomic mass is 79.9. The minimum Gasteiger partial charge on any atom is -0.382 e. The van der Waals surface area contributed by atoms with Crippen LogP contribution in [-0.4, -0.2) is 25.8 Å². The molecule has 0 aliphatic carbocycles. The minimum atomic E-state index is 0.462. The zero-order chi connectivity index (χ0) is 14.1. The van der Waals surface area contributed by atoms with Gasteiger partial charge in [-0.3, -0.25) is 0 Å². The molecule has 19 heavy (non-hydrogen) atoms. The predicted molar refractivity (Wildman–Crippen MR) is 86.0 cm³/mol. The first-order chi connectivity index (χ1) is 9.17. The van der Waals surface area contributed by atoms with Gasteiger partial charge in [-0.25, -0.2) is 0 Å². The van der Waals surface area contributed by atoms with Crippen LogP contribution in [0.2, 0.25) is 5.02 Å². The van der Waals surface area contributed by atoms with E-state index in [9.17, 15) is 0 Å². The monoisotopic (exact) mass is 347 g/mol. The van der Waals surface area contributed by atoms with Crippen LogP contribution in [0.3, 0.4) is 0 Å². The molecule has 0 aromatic heterocycles. The minimum absolute atomic E-state index is 0.462. The number of benzene rings is 1. The predicted octanol–water partition coefficient (Wildman–Crippen LogP) is 4.44. The standard InChI is InChI=1S/C15H23BrClNO/c1-3-18-14(6-5-9-19-4-2)10-12-7-8-13(16)11-15(12)17/h7-8,11,14,18H,3-6,9-10H2,1-2H3. The van der Waals surface area contributed by atoms with Gasteiger partial charge in [0.1, 0.15) is 0 Å². The maximum Gasteiger partial charge on any atom is 0.0466 e. The lowest BCUT2D eigenvalue weighted by atomic mass is 10.0. The van der Waals surface area contributed by atoms with Gasteiger partial charge in [-0.2, -0.15) is 0 Å². The summed E-state index contributed by atoms with van der Waals surface area (Å²) in [6, 6.07) is 6.56. The Hall–Kier alpha value is -0.0900. The SMILES string of the molecule is CCNC(CCCOCC)Cc1ccc(Br)cc1Cl. The van der Waals surface area contributed by atoms with Crippen molar-refractivity contribution >= 4 is 27.5 Å². The van der Waals surface area contributed by atoms with E-state index >= 15 is 0 Å². The molecule has 0 heterocycles. The number of ether oxygens (including phenoxy) is 1. The molecule has 1 rings (SSSR count). The van der Waals surface area contributed by atoms with E-state index < -0.39 is 0 Å². The Bertz CT molecular complexity index is 373. The Morgan fingerprint density at radius 2 is 2.16 bits per heavy atom. The molecular weight excluding hydrogens is 326 g/mol. The molecule has 1 atom stereocenters. The summed E-state index contributed by atoms with van der Waals surface area (Å²) in [7, 11) is 0. The van der Waals surface area contributed by atoms with E-state index in [2.05, 4.69) is 34.2 Å². The average molecular weight is 349 g/mol. The Morgan fingerprint density at radius 1 is 1.37 bits per heavy atom. The molecule has 0 saturated heterocycles. The van der Waals surface area contributed by atoms with Gasteiger partial charge in [0.15, 0.2) is 0 Å². The topological polar surface area (TPSA) is 21.3 Å². The van der Waals surface area contributed by atoms with Crippen LogP contribution in [0.1, 0.15) is 32.3 Å². The van der Waals surface area contributed by atoms with Crippen molar-refractivity contribution in [1.82, 2.24) is 5.32 Å². The van der Waals surface area contributed by atoms with E-state index in [-0.39, 0.29) is 0 Å². The summed E-state index contributed by atoms with van der Waals surface area (Å²) in [5, 5.41) is 4.36. The third-order valence-electron chi connectivity index (χ3n) is 3.02. The first-order valence-electron chi connectivity index (χ1n) is 6.92. The number of likely N-dealkylation sites (N-methyl/N-ethyl adjacent to an activating group) is 1. The Labute approximate surface area is 130 Å². The van der Waals surface area contributed by atoms with Crippen molar-refractivity contribution in [3.63, 3.8) is 0 Å². The third-order valence-corrected chi connectivity index (χ3v) is 3.86. The summed E-state index contributed by atoms with van der Waals surface area (Å²) in [5.41, 5.74) is 1.20. The largest absolute Gasteiger partial charge is 0.382 e. The first-order valence-corrected chi connectivity index (χ1v) is 8.09. The summed E-state index contributed by atoms with van der Waals surface area (Å²) in [6.07, 6.45) is 3.16. The lowest BCUT2D eigenvalue weighted by Gasteiger charge is -2.18. The van der Waals surface area contributed by atoms with Crippen molar-refractivity contribution in [2.24, 2.45) is 0 Å². The summed E-state index contributed by atoms with van der Waals surface area (Å²) in [5.74, 6) is 0. The smallest absolute Gasteiger partial charge is 0.0466 e. The van der Waals surface area contributed by atoms with Crippen LogP contribution < -0.4 is 5.32 Å². The van der Waals surface area contributed by atoms with Crippen molar-refractivity contribution in [2.45, 2.75) is 39.2 Å². The highest BCUT2D eigenvalue weighted by Crippen LogP contribution is 2.23. The van der Waals surface area contributed by atoms with Gasteiger partial charge in [-0.1, -0.05) is 40.5 Å². The molecule has 2 nitrogen and oxygen atoms in total. The summed E-state index contributed by atoms with van der Waals surface area (Å²) >= 11 is 9.71. The summed E-state index contributed by atoms with van der Waals surface area (Å²) in [6.45, 7) is 6.78. The number of nitrogens with one attached hydrogen (secondary N) is 1. The molecule has 0 bridgehead atoms. The van der Waals surface area contributed by atoms with Crippen LogP contribution in [0.15, 0.2) is 22.7 Å². The molecule has 0 spiro atoms. The van der Waals surface area contributed by atoms with Gasteiger partial charge in [0.2, 0.25) is 0 Å². The Kier molecular flexibility index (Phi) is 8.71. The first kappa shape index (κ1) is 17.0. The molecule has 4 heteroatoms. The van der Waals surface area contributed by atoms with E-state index in [4.69, 9.17) is 16.3 Å². The van der Waals surface area contributed by atoms with Gasteiger partial charge in [0.25, 0.3) is 0 Å². The normalized spacial score (nSPS) is 12.6. The Morgan fingerprint density at radius 3 is 2.79 bits per heavy atom. The fraction of sp³-hybridized carbons (Fsp3) is 0.600. The third kappa shape index (κ3) is 6.75. The maximum atomic E-state index is 6.28. The van der Waals surface area contributed by atoms with Crippen LogP contribution in [-0.2, 0) is 11.2 Å². The van der Waals surface area contributed by atoms with E-state index in [0.717, 1.165) is 48.5 Å². The number of halogens is 2. The van der Waals surface area contributed by atoms with E-state index in [1.165, 1.54) is 5.56 Å². The Balaban J connectivity index is 2.51. The fourth-order valence-electron chi connectivity index (χ4n) is 2.09. The zero-order valence-corrected chi connectivity index (χ0v) is 14.1. The van der Waals surface area contributed by atoms with Gasteiger partial charge < -0.3 is 10.1 Å². The van der Waals surface area contributed by atoms with Gasteiger partial charge in [-0.05, 0) is 50.4 Å². The van der Waals surface area contributed by atoms with Crippen LogP contribution in [0.4, 0.5) is 0 Å². The van der Waals surface area contributed by atoms with Crippen molar-refractivity contribution < 1.29 is 4.74 Å². The second-order valence-electron chi connectivity index (χ2n) is 4.53. The maximum absolute atomic E-state index is 6.28. The van der Waals surface area contributed by atoms with Gasteiger partial charge in [-0.15, -0.1) is 0 Å². The molecule has 1 aromatic carbocycles. The van der Waals surface area contributed by atoms with Gasteiger partial charge >= 0.3 is 0 Å². The van der Waals surface area contributed by atoms with Crippen molar-refractivity contribution in [2.75, 3.05) is 19.8 Å². The van der Waals surface area contributed by atoms with Crippen LogP contribution >= 0.6 is 27.5 Å². The molecule has 1 aromatic rings. The molecular formula is C15H23BrClNO. The molecule has 0 amide bonds. The molecule has 1 unspecified atom stereocenters. The highest BCUT2D eigenvalue weighted by Gasteiger charge is 2.10. The van der Waals surface area contributed by atoms with Gasteiger partial charge in [0, 0.05) is 28.8 Å². The van der Waals surface area contributed by atoms with Crippen molar-refractivity contribution in [3.05, 3.63) is 33.3 Å². The molecule has 1 N–H and O–H groups in total. The summed E-state index contributed by atoms with van der Waals surface area (Å²) in [4.78, 5) is 0. The van der Waals surface area contributed by atoms with Crippen LogP contribution in [0, 0.1) is 0 Å². The summed E-state index contributed by atoms with van der Waals surface area (Å²) < 4.78 is 6.42. The quantitative estimate of drug-likeness (QED) is 0.666. The fourth-order valence-corrected chi connectivity index (χ4v) is 2.84. The molecule has 0 saturated carbocycles. The van der Waals surface area contributed by atoms with E-state index in [1.807, 2.05) is 19.1 Å². The molecule has 108 valence electrons. The molecule has 0 aliphatic rings. The molecule has 0 aliphatic heterocycles. The van der Waals surface area contributed by atoms with E-state index in [1.54, 1.807) is 0 Å². The zero-order valence-electron chi connectivity index (χ0n) is 11.7. The molecule has 0 radical (unpaired) electrons. The second-order valence-corrected chi connectivity index (χ2v) is 5.86. The molecule has 0 fully saturated rings.